The van der Waals surface area contributed by atoms with Gasteiger partial charge in [-0.3, -0.25) is 19.2 Å². The van der Waals surface area contributed by atoms with Gasteiger partial charge in [0.15, 0.2) is 0 Å². The Bertz CT molecular complexity index is 1730. The molecule has 0 unspecified atom stereocenters. The number of nitrogens with two attached hydrogens (primary N) is 1. The maximum Gasteiger partial charge on any atom is 0.408 e. The van der Waals surface area contributed by atoms with Gasteiger partial charge in [-0.15, -0.1) is 0 Å². The number of alkyl carbamates (subject to hydrolysis) is 1. The molecule has 11 nitrogen and oxygen atoms in total. The molecule has 3 atom stereocenters. The molecule has 5 N–H and O–H groups in total. The van der Waals surface area contributed by atoms with Crippen molar-refractivity contribution >= 4 is 40.6 Å². The second kappa shape index (κ2) is 16.2. The lowest BCUT2D eigenvalue weighted by Gasteiger charge is -2.26. The minimum Gasteiger partial charge on any atom is -0.461 e. The monoisotopic (exact) mass is 652 g/mol. The van der Waals surface area contributed by atoms with Gasteiger partial charge in [-0.2, -0.15) is 0 Å². The Labute approximate surface area is 279 Å². The summed E-state index contributed by atoms with van der Waals surface area (Å²) in [5.74, 6) is -3.22. The van der Waals surface area contributed by atoms with Gasteiger partial charge in [0.25, 0.3) is 0 Å². The number of rotatable bonds is 13. The van der Waals surface area contributed by atoms with Gasteiger partial charge in [0, 0.05) is 6.42 Å². The van der Waals surface area contributed by atoms with E-state index in [0.29, 0.717) is 5.56 Å². The smallest absolute Gasteiger partial charge is 0.408 e. The van der Waals surface area contributed by atoms with Crippen LogP contribution in [0.3, 0.4) is 0 Å². The second-order valence-electron chi connectivity index (χ2n) is 12.2. The van der Waals surface area contributed by atoms with Gasteiger partial charge in [0.05, 0.1) is 6.42 Å². The zero-order valence-electron chi connectivity index (χ0n) is 27.1. The van der Waals surface area contributed by atoms with Crippen LogP contribution in [0.2, 0.25) is 0 Å². The third kappa shape index (κ3) is 10.4. The van der Waals surface area contributed by atoms with Crippen LogP contribution in [0.5, 0.6) is 0 Å². The molecule has 0 aliphatic carbocycles. The van der Waals surface area contributed by atoms with Crippen molar-refractivity contribution in [3.63, 3.8) is 0 Å². The van der Waals surface area contributed by atoms with Crippen LogP contribution in [0.1, 0.15) is 49.9 Å². The Morgan fingerprint density at radius 1 is 0.708 bits per heavy atom. The minimum atomic E-state index is -1.50. The van der Waals surface area contributed by atoms with Gasteiger partial charge in [0.1, 0.15) is 30.3 Å². The van der Waals surface area contributed by atoms with E-state index in [1.807, 2.05) is 48.5 Å². The van der Waals surface area contributed by atoms with Gasteiger partial charge in [-0.25, -0.2) is 4.79 Å². The normalized spacial score (nSPS) is 13.0. The predicted octanol–water partition coefficient (Wildman–Crippen LogP) is 4.24. The molecule has 0 saturated heterocycles. The summed E-state index contributed by atoms with van der Waals surface area (Å²) in [6.45, 7) is 4.98. The van der Waals surface area contributed by atoms with E-state index < -0.39 is 59.9 Å². The molecule has 11 heteroatoms. The fraction of sp³-hybridized carbons (Fsp3) is 0.270. The summed E-state index contributed by atoms with van der Waals surface area (Å²) < 4.78 is 10.8. The first kappa shape index (κ1) is 35.1. The van der Waals surface area contributed by atoms with E-state index in [1.54, 1.807) is 75.4 Å². The highest BCUT2D eigenvalue weighted by Crippen LogP contribution is 2.20. The van der Waals surface area contributed by atoms with E-state index in [0.717, 1.165) is 21.9 Å². The van der Waals surface area contributed by atoms with E-state index in [-0.39, 0.29) is 13.0 Å². The van der Waals surface area contributed by atoms with Crippen LogP contribution in [0, 0.1) is 0 Å². The van der Waals surface area contributed by atoms with Crippen molar-refractivity contribution in [3.05, 3.63) is 120 Å². The average Bonchev–Trinajstić information content (AvgIpc) is 3.05. The average molecular weight is 653 g/mol. The van der Waals surface area contributed by atoms with Gasteiger partial charge in [0.2, 0.25) is 17.7 Å². The van der Waals surface area contributed by atoms with Crippen LogP contribution in [0.4, 0.5) is 4.79 Å². The van der Waals surface area contributed by atoms with Gasteiger partial charge >= 0.3 is 12.1 Å². The summed E-state index contributed by atoms with van der Waals surface area (Å²) >= 11 is 0. The summed E-state index contributed by atoms with van der Waals surface area (Å²) in [5.41, 5.74) is 6.78. The van der Waals surface area contributed by atoms with Crippen molar-refractivity contribution in [2.24, 2.45) is 5.73 Å². The van der Waals surface area contributed by atoms with E-state index in [4.69, 9.17) is 15.2 Å². The molecule has 4 aromatic carbocycles. The van der Waals surface area contributed by atoms with Crippen LogP contribution in [-0.2, 0) is 41.7 Å². The lowest BCUT2D eigenvalue weighted by atomic mass is 9.98. The zero-order chi connectivity index (χ0) is 34.7. The number of ether oxygens (including phenoxy) is 2. The lowest BCUT2D eigenvalue weighted by Crippen LogP contribution is -2.55. The molecule has 0 radical (unpaired) electrons. The van der Waals surface area contributed by atoms with E-state index >= 15 is 0 Å². The Balaban J connectivity index is 1.57. The summed E-state index contributed by atoms with van der Waals surface area (Å²) in [6, 6.07) is 26.5. The fourth-order valence-electron chi connectivity index (χ4n) is 4.98. The molecule has 0 aliphatic rings. The SMILES string of the molecule is CC(C)(C)OC(=O)N[C@H](C(=O)N[C@@H](CC(=O)OCc1ccccc1)C(=O)N[C@@H](Cc1cccc2ccccc12)C(N)=O)c1ccccc1. The van der Waals surface area contributed by atoms with Crippen molar-refractivity contribution in [3.8, 4) is 0 Å². The number of benzene rings is 4. The molecule has 4 amide bonds. The summed E-state index contributed by atoms with van der Waals surface area (Å²) in [4.78, 5) is 65.9. The second-order valence-corrected chi connectivity index (χ2v) is 12.2. The van der Waals surface area contributed by atoms with Crippen LogP contribution >= 0.6 is 0 Å². The molecule has 48 heavy (non-hydrogen) atoms. The third-order valence-corrected chi connectivity index (χ3v) is 7.27. The van der Waals surface area contributed by atoms with E-state index in [9.17, 15) is 24.0 Å². The van der Waals surface area contributed by atoms with Crippen LogP contribution in [-0.4, -0.2) is 47.5 Å². The standard InChI is InChI=1S/C37H40N4O7/c1-37(2,3)48-36(46)41-32(26-16-8-5-9-17-26)35(45)40-30(22-31(42)47-23-24-13-6-4-7-14-24)34(44)39-29(33(38)43)21-27-19-12-18-25-15-10-11-20-28(25)27/h4-20,29-30,32H,21-23H2,1-3H3,(H2,38,43)(H,39,44)(H,40,45)(H,41,46)/t29-,30-,32-/m0/s1. The fourth-order valence-corrected chi connectivity index (χ4v) is 4.98. The molecular weight excluding hydrogens is 612 g/mol. The van der Waals surface area contributed by atoms with Gasteiger partial charge in [-0.1, -0.05) is 103 Å². The number of hydrogen-bond donors (Lipinski definition) is 4. The van der Waals surface area contributed by atoms with Gasteiger partial charge < -0.3 is 31.2 Å². The third-order valence-electron chi connectivity index (χ3n) is 7.27. The molecular formula is C37H40N4O7. The molecule has 0 spiro atoms. The van der Waals surface area contributed by atoms with Crippen LogP contribution in [0.25, 0.3) is 10.8 Å². The topological polar surface area (TPSA) is 166 Å². The largest absolute Gasteiger partial charge is 0.461 e. The Morgan fingerprint density at radius 3 is 1.98 bits per heavy atom. The Morgan fingerprint density at radius 2 is 1.31 bits per heavy atom. The molecule has 250 valence electrons. The number of nitrogens with one attached hydrogen (secondary N) is 3. The molecule has 0 aliphatic heterocycles. The molecule has 0 heterocycles. The summed E-state index contributed by atoms with van der Waals surface area (Å²) in [7, 11) is 0. The molecule has 4 rings (SSSR count). The van der Waals surface area contributed by atoms with Crippen LogP contribution < -0.4 is 21.7 Å². The first-order chi connectivity index (χ1) is 22.9. The highest BCUT2D eigenvalue weighted by Gasteiger charge is 2.33. The number of carbonyl (C=O) groups excluding carboxylic acids is 5. The van der Waals surface area contributed by atoms with Gasteiger partial charge in [-0.05, 0) is 48.2 Å². The number of hydrogen-bond acceptors (Lipinski definition) is 7. The molecule has 0 saturated carbocycles. The van der Waals surface area contributed by atoms with Crippen molar-refractivity contribution in [2.45, 2.75) is 63.9 Å². The maximum absolute atomic E-state index is 13.8. The molecule has 4 aromatic rings. The predicted molar refractivity (Wildman–Crippen MR) is 180 cm³/mol. The quantitative estimate of drug-likeness (QED) is 0.157. The minimum absolute atomic E-state index is 0.0558. The first-order valence-corrected chi connectivity index (χ1v) is 15.5. The van der Waals surface area contributed by atoms with E-state index in [1.165, 1.54) is 0 Å². The zero-order valence-corrected chi connectivity index (χ0v) is 27.1. The van der Waals surface area contributed by atoms with Crippen molar-refractivity contribution in [1.82, 2.24) is 16.0 Å². The number of fused-ring (bicyclic) bond motifs is 1. The number of amides is 4. The molecule has 0 fully saturated rings. The van der Waals surface area contributed by atoms with Crippen molar-refractivity contribution in [2.75, 3.05) is 0 Å². The highest BCUT2D eigenvalue weighted by molar-refractivity contribution is 5.96. The lowest BCUT2D eigenvalue weighted by molar-refractivity contribution is -0.147. The summed E-state index contributed by atoms with van der Waals surface area (Å²) in [5, 5.41) is 9.57. The van der Waals surface area contributed by atoms with Crippen molar-refractivity contribution < 1.29 is 33.4 Å². The summed E-state index contributed by atoms with van der Waals surface area (Å²) in [6.07, 6.45) is -1.37. The van der Waals surface area contributed by atoms with E-state index in [2.05, 4.69) is 16.0 Å². The van der Waals surface area contributed by atoms with Crippen molar-refractivity contribution in [1.29, 1.82) is 0 Å². The number of carbonyl (C=O) groups is 5. The first-order valence-electron chi connectivity index (χ1n) is 15.5. The highest BCUT2D eigenvalue weighted by atomic mass is 16.6. The Hall–Kier alpha value is -5.71. The molecule has 0 bridgehead atoms. The van der Waals surface area contributed by atoms with Crippen LogP contribution in [0.15, 0.2) is 103 Å². The molecule has 0 aromatic heterocycles. The number of esters is 1. The maximum atomic E-state index is 13.8. The number of primary amides is 1. The Kier molecular flexibility index (Phi) is 11.9.